The molecule has 3 N–H and O–H groups in total. The smallest absolute Gasteiger partial charge is 0.318 e. The first kappa shape index (κ1) is 31.5. The third-order valence-electron chi connectivity index (χ3n) is 8.27. The van der Waals surface area contributed by atoms with Crippen molar-refractivity contribution < 1.29 is 27.6 Å². The lowest BCUT2D eigenvalue weighted by Crippen LogP contribution is -2.59. The fourth-order valence-electron chi connectivity index (χ4n) is 5.22. The topological polar surface area (TPSA) is 145 Å². The lowest BCUT2D eigenvalue weighted by Gasteiger charge is -2.35. The molecule has 0 aromatic heterocycles. The third-order valence-corrected chi connectivity index (χ3v) is 9.61. The summed E-state index contributed by atoms with van der Waals surface area (Å²) in [6.45, 7) is 5.78. The summed E-state index contributed by atoms with van der Waals surface area (Å²) in [7, 11) is -2.49. The number of rotatable bonds is 4. The van der Waals surface area contributed by atoms with E-state index in [1.807, 2.05) is 32.9 Å². The fraction of sp³-hybridized carbons (Fsp3) is 0.567. The summed E-state index contributed by atoms with van der Waals surface area (Å²) in [5.74, 6) is -2.17. The SMILES string of the molecule is CN(C(=O)N[C@H]1CCCCC/C=C\[C@@H]2C[C@@]2(C(=O)NS(=O)(=O)c2ccccc2)NC(=O)[C@@H]2C[C]CN2C1=O)C(C)(C)C. The predicted octanol–water partition coefficient (Wildman–Crippen LogP) is 2.38. The van der Waals surface area contributed by atoms with E-state index in [1.165, 1.54) is 21.9 Å². The molecular formula is C30H41N5O6S. The van der Waals surface area contributed by atoms with Crippen LogP contribution in [0.5, 0.6) is 0 Å². The van der Waals surface area contributed by atoms with Crippen LogP contribution in [0, 0.1) is 12.3 Å². The average molecular weight is 600 g/mol. The summed E-state index contributed by atoms with van der Waals surface area (Å²) in [6.07, 6.45) is 10.7. The Morgan fingerprint density at radius 3 is 2.52 bits per heavy atom. The molecule has 4 atom stereocenters. The number of hydrogen-bond donors (Lipinski definition) is 3. The number of hydrogen-bond acceptors (Lipinski definition) is 6. The van der Waals surface area contributed by atoms with Crippen LogP contribution in [0.4, 0.5) is 4.79 Å². The lowest BCUT2D eigenvalue weighted by molar-refractivity contribution is -0.141. The standard InChI is InChI=1S/C30H41N5O6S/c1-29(2,3)34(4)28(39)31-23-17-12-7-5-6-9-14-21-20-30(21,32-25(36)24-18-13-19-35(24)26(23)37)27(38)33-42(40,41)22-15-10-8-11-16-22/h8-11,14-16,21,23-24H,5-7,12,17-20H2,1-4H3,(H,31,39)(H,32,36)(H,33,38)/b14-9-/t21-,23+,24+,30-/m1/s1. The zero-order valence-electron chi connectivity index (χ0n) is 24.7. The number of sulfonamides is 1. The van der Waals surface area contributed by atoms with Crippen molar-refractivity contribution in [3.63, 3.8) is 0 Å². The number of fused-ring (bicyclic) bond motifs is 2. The molecule has 2 fully saturated rings. The second-order valence-corrected chi connectivity index (χ2v) is 13.9. The van der Waals surface area contributed by atoms with Gasteiger partial charge in [0.25, 0.3) is 15.9 Å². The monoisotopic (exact) mass is 599 g/mol. The Kier molecular flexibility index (Phi) is 9.34. The molecule has 2 aliphatic heterocycles. The molecule has 0 unspecified atom stereocenters. The first-order valence-electron chi connectivity index (χ1n) is 14.4. The molecule has 12 heteroatoms. The normalized spacial score (nSPS) is 27.8. The maximum atomic E-state index is 13.8. The van der Waals surface area contributed by atoms with Crippen LogP contribution in [0.15, 0.2) is 47.4 Å². The van der Waals surface area contributed by atoms with Crippen LogP contribution in [0.1, 0.15) is 65.7 Å². The van der Waals surface area contributed by atoms with Crippen LogP contribution in [0.3, 0.4) is 0 Å². The number of benzene rings is 1. The van der Waals surface area contributed by atoms with Gasteiger partial charge in [0.05, 0.1) is 4.90 Å². The van der Waals surface area contributed by atoms with E-state index in [0.717, 1.165) is 19.3 Å². The van der Waals surface area contributed by atoms with Gasteiger partial charge in [0.15, 0.2) is 0 Å². The summed E-state index contributed by atoms with van der Waals surface area (Å²) >= 11 is 0. The number of carbonyl (C=O) groups excluding carboxylic acids is 4. The molecular weight excluding hydrogens is 558 g/mol. The average Bonchev–Trinajstić information content (AvgIpc) is 3.40. The first-order valence-corrected chi connectivity index (χ1v) is 15.9. The van der Waals surface area contributed by atoms with Gasteiger partial charge >= 0.3 is 6.03 Å². The molecule has 1 saturated heterocycles. The van der Waals surface area contributed by atoms with Gasteiger partial charge in [0.2, 0.25) is 11.8 Å². The van der Waals surface area contributed by atoms with Crippen molar-refractivity contribution in [2.75, 3.05) is 13.6 Å². The van der Waals surface area contributed by atoms with E-state index in [4.69, 9.17) is 0 Å². The summed E-state index contributed by atoms with van der Waals surface area (Å²) in [5, 5.41) is 5.67. The van der Waals surface area contributed by atoms with Crippen LogP contribution in [0.25, 0.3) is 0 Å². The summed E-state index contributed by atoms with van der Waals surface area (Å²) < 4.78 is 28.0. The Morgan fingerprint density at radius 2 is 1.83 bits per heavy atom. The van der Waals surface area contributed by atoms with Crippen molar-refractivity contribution in [2.24, 2.45) is 5.92 Å². The lowest BCUT2D eigenvalue weighted by atomic mass is 10.0. The van der Waals surface area contributed by atoms with E-state index in [9.17, 15) is 27.6 Å². The summed E-state index contributed by atoms with van der Waals surface area (Å²) in [5.41, 5.74) is -1.92. The Bertz CT molecular complexity index is 1330. The van der Waals surface area contributed by atoms with E-state index >= 15 is 0 Å². The Morgan fingerprint density at radius 1 is 1.12 bits per heavy atom. The molecule has 2 radical (unpaired) electrons. The molecule has 0 spiro atoms. The minimum Gasteiger partial charge on any atom is -0.339 e. The Hall–Kier alpha value is -3.41. The molecule has 1 aromatic rings. The molecule has 1 aromatic carbocycles. The summed E-state index contributed by atoms with van der Waals surface area (Å²) in [4.78, 5) is 56.8. The van der Waals surface area contributed by atoms with Crippen LogP contribution in [-0.2, 0) is 24.4 Å². The highest BCUT2D eigenvalue weighted by atomic mass is 32.2. The van der Waals surface area contributed by atoms with Gasteiger partial charge in [-0.25, -0.2) is 17.9 Å². The van der Waals surface area contributed by atoms with Gasteiger partial charge in [0, 0.05) is 31.5 Å². The molecule has 1 aliphatic carbocycles. The number of nitrogens with one attached hydrogen (secondary N) is 3. The fourth-order valence-corrected chi connectivity index (χ4v) is 6.28. The zero-order chi connectivity index (χ0) is 30.7. The Balaban J connectivity index is 1.57. The molecule has 2 heterocycles. The minimum absolute atomic E-state index is 0.0621. The second kappa shape index (κ2) is 12.4. The van der Waals surface area contributed by atoms with Crippen molar-refractivity contribution >= 4 is 33.8 Å². The van der Waals surface area contributed by atoms with Crippen molar-refractivity contribution in [2.45, 2.75) is 93.8 Å². The molecule has 5 amide bonds. The van der Waals surface area contributed by atoms with Gasteiger partial charge in [-0.3, -0.25) is 14.4 Å². The quantitative estimate of drug-likeness (QED) is 0.453. The molecule has 11 nitrogen and oxygen atoms in total. The van der Waals surface area contributed by atoms with Crippen molar-refractivity contribution in [3.8, 4) is 0 Å². The number of nitrogens with zero attached hydrogens (tertiary/aromatic N) is 2. The van der Waals surface area contributed by atoms with Gasteiger partial charge in [-0.1, -0.05) is 43.2 Å². The Labute approximate surface area is 248 Å². The van der Waals surface area contributed by atoms with Crippen LogP contribution in [0.2, 0.25) is 0 Å². The van der Waals surface area contributed by atoms with Gasteiger partial charge in [-0.05, 0) is 65.0 Å². The number of allylic oxidation sites excluding steroid dienone is 1. The highest BCUT2D eigenvalue weighted by Gasteiger charge is 2.61. The van der Waals surface area contributed by atoms with Crippen LogP contribution < -0.4 is 15.4 Å². The van der Waals surface area contributed by atoms with Gasteiger partial charge in [-0.2, -0.15) is 0 Å². The van der Waals surface area contributed by atoms with Gasteiger partial charge in [0.1, 0.15) is 17.6 Å². The van der Waals surface area contributed by atoms with Gasteiger partial charge < -0.3 is 20.4 Å². The zero-order valence-corrected chi connectivity index (χ0v) is 25.5. The largest absolute Gasteiger partial charge is 0.339 e. The second-order valence-electron chi connectivity index (χ2n) is 12.3. The van der Waals surface area contributed by atoms with Crippen molar-refractivity contribution in [1.82, 2.24) is 25.2 Å². The molecule has 3 aliphatic rings. The summed E-state index contributed by atoms with van der Waals surface area (Å²) in [6, 6.07) is 5.39. The van der Waals surface area contributed by atoms with E-state index in [-0.39, 0.29) is 36.2 Å². The highest BCUT2D eigenvalue weighted by Crippen LogP contribution is 2.45. The van der Waals surface area contributed by atoms with Crippen molar-refractivity contribution in [1.29, 1.82) is 0 Å². The maximum Gasteiger partial charge on any atom is 0.318 e. The number of urea groups is 1. The molecule has 228 valence electrons. The third kappa shape index (κ3) is 6.96. The van der Waals surface area contributed by atoms with E-state index in [1.54, 1.807) is 25.2 Å². The van der Waals surface area contributed by atoms with E-state index in [2.05, 4.69) is 21.8 Å². The predicted molar refractivity (Wildman–Crippen MR) is 156 cm³/mol. The van der Waals surface area contributed by atoms with Crippen LogP contribution >= 0.6 is 0 Å². The van der Waals surface area contributed by atoms with Crippen LogP contribution in [-0.4, -0.2) is 78.7 Å². The number of amides is 5. The maximum absolute atomic E-state index is 13.8. The number of carbonyl (C=O) groups is 4. The van der Waals surface area contributed by atoms with Crippen molar-refractivity contribution in [3.05, 3.63) is 48.9 Å². The van der Waals surface area contributed by atoms with E-state index in [0.29, 0.717) is 12.8 Å². The van der Waals surface area contributed by atoms with E-state index < -0.39 is 50.9 Å². The highest BCUT2D eigenvalue weighted by molar-refractivity contribution is 7.90. The minimum atomic E-state index is -4.16. The molecule has 1 saturated carbocycles. The molecule has 0 bridgehead atoms. The molecule has 42 heavy (non-hydrogen) atoms. The van der Waals surface area contributed by atoms with Gasteiger partial charge in [-0.15, -0.1) is 0 Å². The first-order chi connectivity index (χ1) is 19.8. The molecule has 4 rings (SSSR count).